The quantitative estimate of drug-likeness (QED) is 0.0209. The summed E-state index contributed by atoms with van der Waals surface area (Å²) in [6, 6.07) is -3.68. The smallest absolute Gasteiger partial charge is 0.328 e. The fourth-order valence-electron chi connectivity index (χ4n) is 10.0. The second-order valence-corrected chi connectivity index (χ2v) is 22.9. The lowest BCUT2D eigenvalue weighted by molar-refractivity contribution is -0.148. The first-order valence-corrected chi connectivity index (χ1v) is 31.6. The third-order valence-electron chi connectivity index (χ3n) is 15.0. The monoisotopic (exact) mass is 1080 g/mol. The summed E-state index contributed by atoms with van der Waals surface area (Å²) in [6.45, 7) is 3.82. The highest BCUT2D eigenvalue weighted by molar-refractivity contribution is 8.02. The van der Waals surface area contributed by atoms with Crippen LogP contribution < -0.4 is 16.4 Å². The highest BCUT2D eigenvalue weighted by Crippen LogP contribution is 2.42. The van der Waals surface area contributed by atoms with Crippen molar-refractivity contribution in [3.8, 4) is 0 Å². The Kier molecular flexibility index (Phi) is 47.1. The Morgan fingerprint density at radius 1 is 0.413 bits per heavy atom. The van der Waals surface area contributed by atoms with Gasteiger partial charge in [-0.25, -0.2) is 4.79 Å². The molecule has 9 N–H and O–H groups in total. The topological polar surface area (TPSA) is 254 Å². The van der Waals surface area contributed by atoms with Gasteiger partial charge in [0.15, 0.2) is 27.6 Å². The van der Waals surface area contributed by atoms with Crippen molar-refractivity contribution in [1.82, 2.24) is 10.6 Å². The van der Waals surface area contributed by atoms with Crippen LogP contribution >= 0.6 is 11.8 Å². The van der Waals surface area contributed by atoms with E-state index in [1.54, 1.807) is 0 Å². The maximum absolute atomic E-state index is 15.2. The van der Waals surface area contributed by atoms with Gasteiger partial charge in [0, 0.05) is 25.0 Å². The average molecular weight is 1080 g/mol. The van der Waals surface area contributed by atoms with E-state index in [2.05, 4.69) is 31.4 Å². The number of aliphatic hydroxyl groups is 4. The Bertz CT molecular complexity index is 1430. The third kappa shape index (κ3) is 32.3. The number of nitrogens with two attached hydrogens (primary N) is 1. The Balaban J connectivity index is 6.72. The molecule has 0 aromatic carbocycles. The number of Topliss-reactive ketones (excluding diaryl/α,β-unsaturated/α-hetero) is 3. The molecule has 0 aliphatic carbocycles. The van der Waals surface area contributed by atoms with Crippen LogP contribution in [0.4, 0.5) is 0 Å². The van der Waals surface area contributed by atoms with E-state index >= 15 is 19.2 Å². The number of carboxylic acids is 1. The molecule has 0 saturated heterocycles. The van der Waals surface area contributed by atoms with Crippen molar-refractivity contribution in [3.63, 3.8) is 0 Å². The van der Waals surface area contributed by atoms with E-state index in [1.807, 2.05) is 0 Å². The maximum atomic E-state index is 15.2. The number of unbranched alkanes of at least 4 members (excludes halogenated alkanes) is 36. The molecule has 0 rings (SSSR count). The predicted molar refractivity (Wildman–Crippen MR) is 307 cm³/mol. The van der Waals surface area contributed by atoms with Gasteiger partial charge in [-0.3, -0.25) is 24.0 Å². The minimum Gasteiger partial charge on any atom is -0.480 e. The number of thioether (sulfide) groups is 1. The molecule has 15 heteroatoms. The molecular weight excluding hydrogens is 971 g/mol. The fourth-order valence-corrected chi connectivity index (χ4v) is 11.5. The normalized spacial score (nSPS) is 13.8. The van der Waals surface area contributed by atoms with Crippen molar-refractivity contribution >= 4 is 46.9 Å². The number of hydrogen-bond acceptors (Lipinski definition) is 12. The molecule has 0 bridgehead atoms. The zero-order valence-electron chi connectivity index (χ0n) is 47.9. The number of hydrogen-bond donors (Lipinski definition) is 8. The fraction of sp³-hybridized carbons (Fsp3) is 0.900. The molecular formula is C60H113N3O11S. The first-order chi connectivity index (χ1) is 36.3. The molecule has 0 aliphatic heterocycles. The van der Waals surface area contributed by atoms with Crippen molar-refractivity contribution in [1.29, 1.82) is 0 Å². The van der Waals surface area contributed by atoms with Gasteiger partial charge in [0.1, 0.15) is 12.1 Å². The molecule has 0 aliphatic rings. The molecule has 0 heterocycles. The van der Waals surface area contributed by atoms with E-state index in [0.29, 0.717) is 50.3 Å². The van der Waals surface area contributed by atoms with Crippen molar-refractivity contribution in [2.75, 3.05) is 25.6 Å². The van der Waals surface area contributed by atoms with Gasteiger partial charge in [-0.2, -0.15) is 0 Å². The Labute approximate surface area is 460 Å². The van der Waals surface area contributed by atoms with Crippen molar-refractivity contribution in [3.05, 3.63) is 0 Å². The molecule has 0 aromatic rings. The highest BCUT2D eigenvalue weighted by Gasteiger charge is 2.66. The van der Waals surface area contributed by atoms with Gasteiger partial charge < -0.3 is 41.9 Å². The summed E-state index contributed by atoms with van der Waals surface area (Å²) in [7, 11) is 0. The number of carbonyl (C=O) groups is 6. The largest absolute Gasteiger partial charge is 0.480 e. The lowest BCUT2D eigenvalue weighted by Crippen LogP contribution is -2.77. The molecule has 440 valence electrons. The summed E-state index contributed by atoms with van der Waals surface area (Å²) in [5.41, 5.74) is 4.24. The number of nitrogens with one attached hydrogen (secondary N) is 2. The number of ketones is 3. The maximum Gasteiger partial charge on any atom is 0.328 e. The number of carboxylic acid groups (broad SMARTS) is 1. The van der Waals surface area contributed by atoms with Crippen LogP contribution in [0.15, 0.2) is 0 Å². The van der Waals surface area contributed by atoms with Crippen LogP contribution in [-0.2, 0) is 28.8 Å². The molecule has 0 saturated carbocycles. The summed E-state index contributed by atoms with van der Waals surface area (Å²) < 4.78 is -2.60. The minimum absolute atomic E-state index is 0.205. The van der Waals surface area contributed by atoms with Crippen molar-refractivity contribution in [2.45, 2.75) is 319 Å². The summed E-state index contributed by atoms with van der Waals surface area (Å²) in [5.74, 6) is -7.02. The third-order valence-corrected chi connectivity index (χ3v) is 16.7. The Morgan fingerprint density at radius 2 is 0.693 bits per heavy atom. The van der Waals surface area contributed by atoms with E-state index in [-0.39, 0.29) is 19.3 Å². The van der Waals surface area contributed by atoms with Crippen LogP contribution in [0.5, 0.6) is 0 Å². The van der Waals surface area contributed by atoms with Crippen molar-refractivity contribution in [2.24, 2.45) is 5.73 Å². The van der Waals surface area contributed by atoms with Gasteiger partial charge in [0.2, 0.25) is 5.91 Å². The molecule has 1 unspecified atom stereocenters. The van der Waals surface area contributed by atoms with Crippen LogP contribution in [0.3, 0.4) is 0 Å². The molecule has 4 atom stereocenters. The zero-order valence-corrected chi connectivity index (χ0v) is 48.7. The lowest BCUT2D eigenvalue weighted by Gasteiger charge is -2.44. The molecule has 0 spiro atoms. The number of rotatable bonds is 57. The van der Waals surface area contributed by atoms with E-state index in [4.69, 9.17) is 5.73 Å². The van der Waals surface area contributed by atoms with Crippen LogP contribution in [0, 0.1) is 0 Å². The Hall–Kier alpha value is -2.43. The van der Waals surface area contributed by atoms with E-state index in [9.17, 15) is 35.1 Å². The van der Waals surface area contributed by atoms with Gasteiger partial charge in [-0.15, -0.1) is 11.8 Å². The summed E-state index contributed by atoms with van der Waals surface area (Å²) in [6.07, 6.45) is 38.8. The lowest BCUT2D eigenvalue weighted by atomic mass is 9.71. The van der Waals surface area contributed by atoms with Crippen LogP contribution in [0.2, 0.25) is 0 Å². The van der Waals surface area contributed by atoms with E-state index < -0.39 is 89.2 Å². The first kappa shape index (κ1) is 72.6. The van der Waals surface area contributed by atoms with Gasteiger partial charge in [-0.05, 0) is 19.3 Å². The van der Waals surface area contributed by atoms with Crippen LogP contribution in [0.25, 0.3) is 0 Å². The van der Waals surface area contributed by atoms with E-state index in [1.165, 1.54) is 135 Å². The summed E-state index contributed by atoms with van der Waals surface area (Å²) >= 11 is 0.586. The van der Waals surface area contributed by atoms with Crippen LogP contribution in [0.1, 0.15) is 290 Å². The van der Waals surface area contributed by atoms with Gasteiger partial charge in [0.25, 0.3) is 5.91 Å². The highest BCUT2D eigenvalue weighted by atomic mass is 32.2. The molecule has 2 amide bonds. The second-order valence-electron chi connectivity index (χ2n) is 21.7. The van der Waals surface area contributed by atoms with Gasteiger partial charge in [0.05, 0.1) is 25.9 Å². The Morgan fingerprint density at radius 3 is 0.960 bits per heavy atom. The average Bonchev–Trinajstić information content (AvgIpc) is 3.40. The van der Waals surface area contributed by atoms with Crippen molar-refractivity contribution < 1.29 is 54.3 Å². The SMILES string of the molecule is CCCCCCCCCCCCCCCC(=O)C(SCC(O)CO)(C(=O)CCCCCCCCCCCCCCC)[C@@](N)(C(=O)CCCCCCCCCCCCCCC)C(=O)N[C@@H](CO)C(=O)N[C@@H](CO)C(=O)O. The molecule has 0 fully saturated rings. The predicted octanol–water partition coefficient (Wildman–Crippen LogP) is 11.7. The van der Waals surface area contributed by atoms with Gasteiger partial charge >= 0.3 is 5.97 Å². The number of carbonyl (C=O) groups excluding carboxylic acids is 5. The second kappa shape index (κ2) is 48.7. The zero-order chi connectivity index (χ0) is 55.8. The molecule has 14 nitrogen and oxygen atoms in total. The minimum atomic E-state index is -2.96. The summed E-state index contributed by atoms with van der Waals surface area (Å²) in [4.78, 5) is 85.5. The molecule has 75 heavy (non-hydrogen) atoms. The van der Waals surface area contributed by atoms with Crippen LogP contribution in [-0.4, -0.2) is 115 Å². The van der Waals surface area contributed by atoms with Gasteiger partial charge in [-0.1, -0.05) is 252 Å². The number of aliphatic hydroxyl groups excluding tert-OH is 4. The van der Waals surface area contributed by atoms with E-state index in [0.717, 1.165) is 77.0 Å². The molecule has 0 aromatic heterocycles. The number of amides is 2. The first-order valence-electron chi connectivity index (χ1n) is 30.7. The molecule has 0 radical (unpaired) electrons. The number of aliphatic carboxylic acids is 1. The standard InChI is InChI=1S/C60H113N3O11S/c1-4-7-10-13-16-19-22-25-28-31-34-37-40-43-53(68)59(61,58(74)63-51(47-65)56(71)62-52(48-66)57(72)73)60(75-49-50(67)46-64,54(69)44-41-38-35-32-29-26-23-20-17-14-11-8-5-2)55(70)45-42-39-36-33-30-27-24-21-18-15-12-9-6-3/h50-52,64-67H,4-49,61H2,1-3H3,(H,62,71)(H,63,74)(H,72,73)/t50?,51-,52-,59+/m0/s1. The summed E-state index contributed by atoms with van der Waals surface area (Å²) in [5, 5.41) is 54.7.